The maximum absolute atomic E-state index is 13.3. The van der Waals surface area contributed by atoms with Crippen LogP contribution in [-0.2, 0) is 23.0 Å². The van der Waals surface area contributed by atoms with E-state index in [-0.39, 0.29) is 36.5 Å². The summed E-state index contributed by atoms with van der Waals surface area (Å²) in [4.78, 5) is 17.2. The van der Waals surface area contributed by atoms with Gasteiger partial charge in [0.05, 0.1) is 23.1 Å². The van der Waals surface area contributed by atoms with E-state index in [2.05, 4.69) is 15.6 Å². The molecule has 0 saturated carbocycles. The van der Waals surface area contributed by atoms with Gasteiger partial charge in [0.25, 0.3) is 0 Å². The number of amides is 1. The van der Waals surface area contributed by atoms with Crippen LogP contribution in [-0.4, -0.2) is 48.8 Å². The number of piperidine rings is 1. The summed E-state index contributed by atoms with van der Waals surface area (Å²) >= 11 is 0. The Morgan fingerprint density at radius 2 is 2.07 bits per heavy atom. The average Bonchev–Trinajstić information content (AvgIpc) is 2.91. The Balaban J connectivity index is 0.00000182. The van der Waals surface area contributed by atoms with Crippen molar-refractivity contribution in [3.63, 3.8) is 0 Å². The Hall–Kier alpha value is -1.41. The second-order valence-corrected chi connectivity index (χ2v) is 6.69. The number of methoxy groups -OCH3 is 1. The number of fused-ring (bicyclic) bond motifs is 1. The molecule has 2 N–H and O–H groups in total. The monoisotopic (exact) mass is 420 g/mol. The van der Waals surface area contributed by atoms with E-state index in [4.69, 9.17) is 4.74 Å². The highest BCUT2D eigenvalue weighted by Gasteiger charge is 2.39. The summed E-state index contributed by atoms with van der Waals surface area (Å²) in [6.45, 7) is 2.59. The summed E-state index contributed by atoms with van der Waals surface area (Å²) in [6, 6.07) is 4.59. The first-order valence-electron chi connectivity index (χ1n) is 8.64. The fraction of sp³-hybridized carbons (Fsp3) is 0.556. The molecule has 1 aliphatic heterocycles. The number of aryl methyl sites for hydroxylation is 1. The molecule has 1 saturated heterocycles. The molecule has 1 aromatic heterocycles. The van der Waals surface area contributed by atoms with Gasteiger partial charge in [0.15, 0.2) is 0 Å². The maximum Gasteiger partial charge on any atom is 0.228 e. The zero-order valence-electron chi connectivity index (χ0n) is 15.6. The predicted octanol–water partition coefficient (Wildman–Crippen LogP) is 2.23. The van der Waals surface area contributed by atoms with Crippen LogP contribution in [0.15, 0.2) is 18.2 Å². The van der Waals surface area contributed by atoms with E-state index in [0.717, 1.165) is 37.3 Å². The van der Waals surface area contributed by atoms with Crippen molar-refractivity contribution in [2.24, 2.45) is 12.5 Å². The van der Waals surface area contributed by atoms with Crippen LogP contribution in [0.4, 0.5) is 4.39 Å². The fourth-order valence-electron chi connectivity index (χ4n) is 3.54. The Morgan fingerprint density at radius 3 is 2.74 bits per heavy atom. The number of nitrogens with zero attached hydrogens (tertiary/aromatic N) is 2. The number of imidazole rings is 1. The fourth-order valence-corrected chi connectivity index (χ4v) is 3.54. The van der Waals surface area contributed by atoms with Crippen LogP contribution in [0.25, 0.3) is 11.0 Å². The van der Waals surface area contributed by atoms with Crippen LogP contribution in [0.5, 0.6) is 0 Å². The molecule has 0 atom stereocenters. The standard InChI is InChI=1S/C18H25FN4O2.2ClH/c1-23-15-4-3-13(19)11-14(15)22-16(23)5-8-21-17(24)18(12-25-2)6-9-20-10-7-18;;/h3-4,11,20H,5-10,12H2,1-2H3,(H,21,24);2*1H. The zero-order chi connectivity index (χ0) is 17.9. The Bertz CT molecular complexity index is 758. The molecule has 1 amide bonds. The summed E-state index contributed by atoms with van der Waals surface area (Å²) in [6.07, 6.45) is 2.15. The summed E-state index contributed by atoms with van der Waals surface area (Å²) in [5.41, 5.74) is 1.07. The summed E-state index contributed by atoms with van der Waals surface area (Å²) < 4.78 is 20.6. The molecule has 1 aliphatic rings. The van der Waals surface area contributed by atoms with E-state index in [0.29, 0.717) is 25.1 Å². The molecule has 27 heavy (non-hydrogen) atoms. The minimum absolute atomic E-state index is 0. The van der Waals surface area contributed by atoms with Crippen molar-refractivity contribution in [1.82, 2.24) is 20.2 Å². The third kappa shape index (κ3) is 5.10. The van der Waals surface area contributed by atoms with Crippen molar-refractivity contribution in [3.05, 3.63) is 29.8 Å². The minimum atomic E-state index is -0.449. The molecule has 0 aliphatic carbocycles. The largest absolute Gasteiger partial charge is 0.384 e. The van der Waals surface area contributed by atoms with Gasteiger partial charge in [-0.15, -0.1) is 24.8 Å². The number of rotatable bonds is 6. The lowest BCUT2D eigenvalue weighted by atomic mass is 9.78. The van der Waals surface area contributed by atoms with Crippen LogP contribution in [0, 0.1) is 11.2 Å². The van der Waals surface area contributed by atoms with Gasteiger partial charge in [0.2, 0.25) is 5.91 Å². The number of nitrogens with one attached hydrogen (secondary N) is 2. The smallest absolute Gasteiger partial charge is 0.228 e. The van der Waals surface area contributed by atoms with E-state index in [1.54, 1.807) is 13.2 Å². The molecule has 152 valence electrons. The maximum atomic E-state index is 13.3. The number of halogens is 3. The summed E-state index contributed by atoms with van der Waals surface area (Å²) in [5, 5.41) is 6.32. The molecule has 2 aromatic rings. The lowest BCUT2D eigenvalue weighted by Gasteiger charge is -2.35. The SMILES string of the molecule is COCC1(C(=O)NCCc2nc3cc(F)ccc3n2C)CCNCC1.Cl.Cl. The molecule has 0 spiro atoms. The van der Waals surface area contributed by atoms with Crippen molar-refractivity contribution in [3.8, 4) is 0 Å². The molecule has 0 unspecified atom stereocenters. The first kappa shape index (κ1) is 23.6. The van der Waals surface area contributed by atoms with Gasteiger partial charge in [-0.2, -0.15) is 0 Å². The van der Waals surface area contributed by atoms with Gasteiger partial charge in [-0.3, -0.25) is 4.79 Å². The summed E-state index contributed by atoms with van der Waals surface area (Å²) in [7, 11) is 3.54. The van der Waals surface area contributed by atoms with Gasteiger partial charge in [-0.1, -0.05) is 0 Å². The number of ether oxygens (including phenoxy) is 1. The highest BCUT2D eigenvalue weighted by atomic mass is 35.5. The van der Waals surface area contributed by atoms with Gasteiger partial charge in [0, 0.05) is 33.2 Å². The Labute approximate surface area is 171 Å². The van der Waals surface area contributed by atoms with Gasteiger partial charge in [0.1, 0.15) is 11.6 Å². The minimum Gasteiger partial charge on any atom is -0.384 e. The van der Waals surface area contributed by atoms with E-state index >= 15 is 0 Å². The van der Waals surface area contributed by atoms with Crippen LogP contribution < -0.4 is 10.6 Å². The Morgan fingerprint density at radius 1 is 1.37 bits per heavy atom. The van der Waals surface area contributed by atoms with Crippen molar-refractivity contribution in [1.29, 1.82) is 0 Å². The van der Waals surface area contributed by atoms with Crippen LogP contribution >= 0.6 is 24.8 Å². The Kier molecular flexibility index (Phi) is 8.94. The normalized spacial score (nSPS) is 15.7. The molecule has 0 radical (unpaired) electrons. The third-order valence-electron chi connectivity index (χ3n) is 5.03. The number of hydrogen-bond donors (Lipinski definition) is 2. The zero-order valence-corrected chi connectivity index (χ0v) is 17.2. The topological polar surface area (TPSA) is 68.2 Å². The molecular weight excluding hydrogens is 394 g/mol. The highest BCUT2D eigenvalue weighted by molar-refractivity contribution is 5.85. The molecule has 9 heteroatoms. The second kappa shape index (κ2) is 10.2. The molecule has 0 bridgehead atoms. The molecule has 6 nitrogen and oxygen atoms in total. The number of benzene rings is 1. The number of carbonyl (C=O) groups is 1. The lowest BCUT2D eigenvalue weighted by molar-refractivity contribution is -0.136. The van der Waals surface area contributed by atoms with Crippen molar-refractivity contribution in [2.45, 2.75) is 19.3 Å². The van der Waals surface area contributed by atoms with E-state index in [1.807, 2.05) is 11.6 Å². The van der Waals surface area contributed by atoms with E-state index < -0.39 is 5.41 Å². The first-order chi connectivity index (χ1) is 12.1. The quantitative estimate of drug-likeness (QED) is 0.751. The number of hydrogen-bond acceptors (Lipinski definition) is 4. The van der Waals surface area contributed by atoms with Gasteiger partial charge >= 0.3 is 0 Å². The van der Waals surface area contributed by atoms with Crippen LogP contribution in [0.3, 0.4) is 0 Å². The molecule has 1 aromatic carbocycles. The van der Waals surface area contributed by atoms with Crippen molar-refractivity contribution in [2.75, 3.05) is 33.4 Å². The molecule has 1 fully saturated rings. The van der Waals surface area contributed by atoms with Gasteiger partial charge < -0.3 is 19.9 Å². The third-order valence-corrected chi connectivity index (χ3v) is 5.03. The molecule has 2 heterocycles. The predicted molar refractivity (Wildman–Crippen MR) is 108 cm³/mol. The van der Waals surface area contributed by atoms with Gasteiger partial charge in [-0.05, 0) is 38.1 Å². The van der Waals surface area contributed by atoms with E-state index in [1.165, 1.54) is 12.1 Å². The van der Waals surface area contributed by atoms with Crippen molar-refractivity contribution < 1.29 is 13.9 Å². The number of aromatic nitrogens is 2. The van der Waals surface area contributed by atoms with Crippen LogP contribution in [0.2, 0.25) is 0 Å². The van der Waals surface area contributed by atoms with Gasteiger partial charge in [-0.25, -0.2) is 9.37 Å². The molecular formula is C18H27Cl2FN4O2. The lowest BCUT2D eigenvalue weighted by Crippen LogP contribution is -2.50. The second-order valence-electron chi connectivity index (χ2n) is 6.69. The summed E-state index contributed by atoms with van der Waals surface area (Å²) in [5.74, 6) is 0.575. The average molecular weight is 421 g/mol. The molecule has 3 rings (SSSR count). The van der Waals surface area contributed by atoms with Crippen LogP contribution in [0.1, 0.15) is 18.7 Å². The highest BCUT2D eigenvalue weighted by Crippen LogP contribution is 2.29. The van der Waals surface area contributed by atoms with E-state index in [9.17, 15) is 9.18 Å². The van der Waals surface area contributed by atoms with Crippen molar-refractivity contribution >= 4 is 41.8 Å². The first-order valence-corrected chi connectivity index (χ1v) is 8.64. The number of carbonyl (C=O) groups excluding carboxylic acids is 1.